The molecule has 2 aromatic rings. The number of piperidine rings is 1. The summed E-state index contributed by atoms with van der Waals surface area (Å²) in [6, 6.07) is 14.7. The van der Waals surface area contributed by atoms with E-state index in [1.165, 1.54) is 26.0 Å². The molecule has 1 aliphatic carbocycles. The zero-order valence-electron chi connectivity index (χ0n) is 49.6. The highest BCUT2D eigenvalue weighted by Gasteiger charge is 2.53. The Bertz CT molecular complexity index is 2640. The van der Waals surface area contributed by atoms with Crippen molar-refractivity contribution in [1.29, 1.82) is 0 Å². The number of nitrogens with zero attached hydrogens (tertiary/aromatic N) is 2. The summed E-state index contributed by atoms with van der Waals surface area (Å²) in [5.41, 5.74) is 1.49. The van der Waals surface area contributed by atoms with Crippen LogP contribution >= 0.6 is 0 Å². The number of fused-ring (bicyclic) bond motifs is 3. The van der Waals surface area contributed by atoms with Gasteiger partial charge in [-0.25, -0.2) is 4.79 Å². The summed E-state index contributed by atoms with van der Waals surface area (Å²) in [7, 11) is 2.71. The summed E-state index contributed by atoms with van der Waals surface area (Å²) in [6.45, 7) is 6.67. The van der Waals surface area contributed by atoms with Crippen LogP contribution in [0.3, 0.4) is 0 Å². The maximum absolute atomic E-state index is 14.5. The van der Waals surface area contributed by atoms with Crippen LogP contribution in [-0.4, -0.2) is 156 Å². The molecule has 3 saturated heterocycles. The minimum absolute atomic E-state index is 0.000973. The zero-order chi connectivity index (χ0) is 61.1. The van der Waals surface area contributed by atoms with Crippen molar-refractivity contribution in [2.24, 2.45) is 29.6 Å². The lowest BCUT2D eigenvalue weighted by molar-refractivity contribution is -0.263. The number of rotatable bonds is 11. The first-order valence-corrected chi connectivity index (χ1v) is 30.0. The number of ether oxygens (including phenoxy) is 4. The molecule has 21 heteroatoms. The average Bonchev–Trinajstić information content (AvgIpc) is 3.67. The fraction of sp³-hybridized carbons (Fsp3) is 0.635. The highest BCUT2D eigenvalue weighted by Crippen LogP contribution is 2.38. The summed E-state index contributed by atoms with van der Waals surface area (Å²) < 4.78 is 22.6. The van der Waals surface area contributed by atoms with Gasteiger partial charge in [0.25, 0.3) is 11.7 Å². The molecule has 4 aliphatic rings. The fourth-order valence-electron chi connectivity index (χ4n) is 12.0. The normalized spacial score (nSPS) is 29.6. The number of carbonyl (C=O) groups excluding carboxylic acids is 11. The third kappa shape index (κ3) is 19.3. The molecule has 0 aromatic heterocycles. The van der Waals surface area contributed by atoms with Crippen LogP contribution in [0, 0.1) is 29.6 Å². The predicted molar refractivity (Wildman–Crippen MR) is 306 cm³/mol. The van der Waals surface area contributed by atoms with Crippen molar-refractivity contribution in [3.63, 3.8) is 0 Å². The van der Waals surface area contributed by atoms with Crippen molar-refractivity contribution >= 4 is 64.8 Å². The monoisotopic (exact) mass is 1170 g/mol. The van der Waals surface area contributed by atoms with Crippen molar-refractivity contribution < 1.29 is 76.8 Å². The van der Waals surface area contributed by atoms with E-state index in [1.807, 2.05) is 50.2 Å². The number of hydrogen-bond donors (Lipinski definition) is 4. The van der Waals surface area contributed by atoms with Crippen molar-refractivity contribution in [2.75, 3.05) is 33.8 Å². The summed E-state index contributed by atoms with van der Waals surface area (Å²) in [5, 5.41) is 20.4. The van der Waals surface area contributed by atoms with Crippen molar-refractivity contribution in [2.45, 2.75) is 192 Å². The Labute approximate surface area is 492 Å². The van der Waals surface area contributed by atoms with E-state index in [1.54, 1.807) is 31.2 Å². The molecule has 0 radical (unpaired) electrons. The van der Waals surface area contributed by atoms with Crippen molar-refractivity contribution in [1.82, 2.24) is 25.8 Å². The molecule has 0 spiro atoms. The maximum Gasteiger partial charge on any atom is 0.329 e. The summed E-state index contributed by atoms with van der Waals surface area (Å²) in [5.74, 6) is -11.9. The van der Waals surface area contributed by atoms with E-state index in [0.29, 0.717) is 44.9 Å². The molecule has 5 amide bonds. The second-order valence-electron chi connectivity index (χ2n) is 23.7. The van der Waals surface area contributed by atoms with Crippen LogP contribution in [0.25, 0.3) is 0 Å². The lowest BCUT2D eigenvalue weighted by atomic mass is 9.75. The first kappa shape index (κ1) is 66.3. The van der Waals surface area contributed by atoms with E-state index in [4.69, 9.17) is 14.2 Å². The number of methoxy groups -OCH3 is 1. The van der Waals surface area contributed by atoms with Crippen LogP contribution in [0.1, 0.15) is 148 Å². The smallest absolute Gasteiger partial charge is 0.329 e. The molecule has 12 atom stereocenters. The van der Waals surface area contributed by atoms with Crippen LogP contribution in [0.15, 0.2) is 60.7 Å². The number of cyclic esters (lactones) is 1. The molecule has 0 unspecified atom stereocenters. The Balaban J connectivity index is 1.22. The molecule has 84 heavy (non-hydrogen) atoms. The van der Waals surface area contributed by atoms with Gasteiger partial charge >= 0.3 is 17.9 Å². The molecule has 4 N–H and O–H groups in total. The second kappa shape index (κ2) is 31.9. The second-order valence-corrected chi connectivity index (χ2v) is 23.7. The van der Waals surface area contributed by atoms with Gasteiger partial charge in [0, 0.05) is 57.7 Å². The van der Waals surface area contributed by atoms with Crippen LogP contribution in [0.4, 0.5) is 0 Å². The Kier molecular flexibility index (Phi) is 25.1. The molecule has 6 rings (SSSR count). The predicted octanol–water partition coefficient (Wildman–Crippen LogP) is 4.84. The van der Waals surface area contributed by atoms with E-state index in [2.05, 4.69) is 20.7 Å². The zero-order valence-corrected chi connectivity index (χ0v) is 49.6. The van der Waals surface area contributed by atoms with Gasteiger partial charge in [-0.05, 0) is 113 Å². The van der Waals surface area contributed by atoms with E-state index in [0.717, 1.165) is 16.0 Å². The molecule has 2 bridgehead atoms. The standard InChI is InChI=1S/C63H87N5O16/c1-39-32-45(23-26-52(39)82-57(74)29-28-56(73)81-6)33-40(2)53-37-55(72)64-30-15-20-47(69)38-67(5)60(77)49(35-44-18-11-8-12-19-44)66-59(76)46(34-43-16-9-7-10-17-43)36-51(70)42(4)65-54(71)27-25-48-24-22-41(3)63(80,84-48)58(75)61(78)68-31-14-13-21-50(68)62(79)83-53/h7-12,16-19,39-42,45-46,48-50,52-53,80H,13-15,20-38H2,1-6H3,(H,64,72)(H,65,71)(H,66,76)/t39-,40-,41-,42+,45-,46-,48+,49+,50+,52-,53+,63-/m1/s1. The Hall–Kier alpha value is -6.87. The van der Waals surface area contributed by atoms with E-state index in [-0.39, 0.29) is 120 Å². The third-order valence-electron chi connectivity index (χ3n) is 17.1. The number of Topliss-reactive ketones (excluding diaryl/α,β-unsaturated/α-hetero) is 3. The highest BCUT2D eigenvalue weighted by molar-refractivity contribution is 6.39. The molecule has 4 fully saturated rings. The van der Waals surface area contributed by atoms with Crippen LogP contribution in [0.5, 0.6) is 0 Å². The molecule has 3 heterocycles. The number of hydrogen-bond acceptors (Lipinski definition) is 16. The third-order valence-corrected chi connectivity index (χ3v) is 17.1. The maximum atomic E-state index is 14.5. The van der Waals surface area contributed by atoms with Gasteiger partial charge in [-0.3, -0.25) is 47.9 Å². The Morgan fingerprint density at radius 1 is 0.774 bits per heavy atom. The Morgan fingerprint density at radius 3 is 2.13 bits per heavy atom. The largest absolute Gasteiger partial charge is 0.469 e. The molecule has 460 valence electrons. The van der Waals surface area contributed by atoms with E-state index < -0.39 is 113 Å². The number of amides is 5. The van der Waals surface area contributed by atoms with Gasteiger partial charge in [0.05, 0.1) is 45.1 Å². The minimum Gasteiger partial charge on any atom is -0.469 e. The minimum atomic E-state index is -2.60. The summed E-state index contributed by atoms with van der Waals surface area (Å²) in [4.78, 5) is 153. The number of aliphatic hydroxyl groups is 1. The van der Waals surface area contributed by atoms with E-state index >= 15 is 0 Å². The summed E-state index contributed by atoms with van der Waals surface area (Å²) >= 11 is 0. The average molecular weight is 1170 g/mol. The molecule has 2 aromatic carbocycles. The summed E-state index contributed by atoms with van der Waals surface area (Å²) in [6.07, 6.45) is 1.27. The SMILES string of the molecule is COC(=O)CCC(=O)O[C@@H]1CC[C@@H](C[C@@H](C)[C@@H]2CC(=O)NCCCC(=O)CN(C)C(=O)[C@H](Cc3ccccc3)NC(=O)[C@H](Cc3ccccc3)CC(=O)[C@H](C)NC(=O)CC[C@@H]3CC[C@@H](C)[C@@](O)(O3)C(=O)C(=O)N3CCCC[C@H]3C(=O)O2)C[C@H]1C. The van der Waals surface area contributed by atoms with Gasteiger partial charge in [-0.15, -0.1) is 0 Å². The molecular weight excluding hydrogens is 1080 g/mol. The molecular formula is C63H87N5O16. The molecule has 1 saturated carbocycles. The van der Waals surface area contributed by atoms with Crippen LogP contribution < -0.4 is 16.0 Å². The van der Waals surface area contributed by atoms with Crippen LogP contribution in [-0.2, 0) is 84.5 Å². The lowest BCUT2D eigenvalue weighted by Crippen LogP contribution is -2.60. The molecule has 3 aliphatic heterocycles. The first-order valence-electron chi connectivity index (χ1n) is 30.0. The van der Waals surface area contributed by atoms with Gasteiger partial charge in [-0.2, -0.15) is 0 Å². The number of benzene rings is 2. The van der Waals surface area contributed by atoms with Gasteiger partial charge in [0.2, 0.25) is 29.4 Å². The number of ketones is 3. The van der Waals surface area contributed by atoms with Gasteiger partial charge in [0.1, 0.15) is 24.3 Å². The number of esters is 3. The van der Waals surface area contributed by atoms with Gasteiger partial charge in [-0.1, -0.05) is 81.4 Å². The lowest BCUT2D eigenvalue weighted by Gasteiger charge is -2.42. The fourth-order valence-corrected chi connectivity index (χ4v) is 12.0. The van der Waals surface area contributed by atoms with Crippen molar-refractivity contribution in [3.05, 3.63) is 71.8 Å². The number of carbonyl (C=O) groups is 11. The molecule has 21 nitrogen and oxygen atoms in total. The highest BCUT2D eigenvalue weighted by atomic mass is 16.6. The quantitative estimate of drug-likeness (QED) is 0.133. The van der Waals surface area contributed by atoms with Crippen molar-refractivity contribution in [3.8, 4) is 0 Å². The number of nitrogens with one attached hydrogen (secondary N) is 3. The topological polar surface area (TPSA) is 287 Å². The van der Waals surface area contributed by atoms with E-state index in [9.17, 15) is 57.8 Å². The van der Waals surface area contributed by atoms with Crippen LogP contribution in [0.2, 0.25) is 0 Å². The van der Waals surface area contributed by atoms with Gasteiger partial charge < -0.3 is 49.8 Å². The number of likely N-dealkylation sites (N-methyl/N-ethyl adjacent to an activating group) is 1. The van der Waals surface area contributed by atoms with Gasteiger partial charge in [0.15, 0.2) is 11.6 Å². The Morgan fingerprint density at radius 2 is 1.45 bits per heavy atom. The first-order chi connectivity index (χ1) is 40.0.